The maximum Gasteiger partial charge on any atom is 0.410 e. The molecule has 94 valence electrons. The monoisotopic (exact) mass is 247 g/mol. The van der Waals surface area contributed by atoms with Crippen LogP contribution in [0.1, 0.15) is 5.56 Å². The zero-order valence-corrected chi connectivity index (χ0v) is 10.0. The summed E-state index contributed by atoms with van der Waals surface area (Å²) in [4.78, 5) is 10.8. The lowest BCUT2D eigenvalue weighted by Crippen LogP contribution is -2.12. The van der Waals surface area contributed by atoms with E-state index < -0.39 is 6.09 Å². The second-order valence-corrected chi connectivity index (χ2v) is 3.66. The third kappa shape index (κ3) is 2.13. The molecule has 0 saturated carbocycles. The molecule has 2 aromatic rings. The summed E-state index contributed by atoms with van der Waals surface area (Å²) < 4.78 is 6.61. The van der Waals surface area contributed by atoms with Crippen LogP contribution >= 0.6 is 0 Å². The highest BCUT2D eigenvalue weighted by Gasteiger charge is 2.17. The van der Waals surface area contributed by atoms with Crippen LogP contribution in [0.4, 0.5) is 10.6 Å². The molecule has 0 aliphatic rings. The molecular weight excluding hydrogens is 234 g/mol. The number of nitrogens with one attached hydrogen (secondary N) is 1. The third-order valence-electron chi connectivity index (χ3n) is 2.50. The van der Waals surface area contributed by atoms with Crippen LogP contribution in [0.2, 0.25) is 0 Å². The Labute approximate surface area is 104 Å². The molecule has 0 aliphatic carbocycles. The minimum atomic E-state index is -1.14. The Bertz CT molecular complexity index is 563. The standard InChI is InChI=1S/C12H13N3O3/c1-8-10(13-12(16)17)15(14-11(8)18-2)9-6-4-3-5-7-9/h3-7,13H,1-2H3,(H,16,17). The summed E-state index contributed by atoms with van der Waals surface area (Å²) in [5.41, 5.74) is 1.40. The molecule has 18 heavy (non-hydrogen) atoms. The Hall–Kier alpha value is -2.50. The van der Waals surface area contributed by atoms with Gasteiger partial charge in [-0.2, -0.15) is 0 Å². The smallest absolute Gasteiger partial charge is 0.410 e. The van der Waals surface area contributed by atoms with Gasteiger partial charge in [-0.1, -0.05) is 18.2 Å². The van der Waals surface area contributed by atoms with Gasteiger partial charge in [-0.15, -0.1) is 5.10 Å². The quantitative estimate of drug-likeness (QED) is 0.872. The predicted octanol–water partition coefficient (Wildman–Crippen LogP) is 2.28. The van der Waals surface area contributed by atoms with Gasteiger partial charge in [0.1, 0.15) is 5.82 Å². The molecule has 0 saturated heterocycles. The van der Waals surface area contributed by atoms with Crippen molar-refractivity contribution in [2.24, 2.45) is 0 Å². The van der Waals surface area contributed by atoms with E-state index in [-0.39, 0.29) is 0 Å². The number of nitrogens with zero attached hydrogens (tertiary/aromatic N) is 2. The summed E-state index contributed by atoms with van der Waals surface area (Å²) in [7, 11) is 1.50. The molecule has 1 aromatic carbocycles. The molecule has 1 amide bonds. The number of hydrogen-bond acceptors (Lipinski definition) is 3. The summed E-state index contributed by atoms with van der Waals surface area (Å²) in [6, 6.07) is 9.24. The summed E-state index contributed by atoms with van der Waals surface area (Å²) >= 11 is 0. The number of amides is 1. The number of para-hydroxylation sites is 1. The maximum atomic E-state index is 10.8. The van der Waals surface area contributed by atoms with Crippen LogP contribution < -0.4 is 10.1 Å². The second-order valence-electron chi connectivity index (χ2n) is 3.66. The van der Waals surface area contributed by atoms with E-state index in [2.05, 4.69) is 10.4 Å². The average molecular weight is 247 g/mol. The van der Waals surface area contributed by atoms with Gasteiger partial charge in [-0.3, -0.25) is 5.32 Å². The van der Waals surface area contributed by atoms with Crippen molar-refractivity contribution in [3.05, 3.63) is 35.9 Å². The van der Waals surface area contributed by atoms with E-state index in [0.29, 0.717) is 17.3 Å². The van der Waals surface area contributed by atoms with Gasteiger partial charge in [-0.05, 0) is 19.1 Å². The Morgan fingerprint density at radius 1 is 1.39 bits per heavy atom. The lowest BCUT2D eigenvalue weighted by Gasteiger charge is -2.06. The maximum absolute atomic E-state index is 10.8. The number of hydrogen-bond donors (Lipinski definition) is 2. The largest absolute Gasteiger partial charge is 0.480 e. The van der Waals surface area contributed by atoms with Crippen molar-refractivity contribution in [2.75, 3.05) is 12.4 Å². The molecule has 2 rings (SSSR count). The molecule has 0 bridgehead atoms. The molecule has 0 aliphatic heterocycles. The molecule has 0 radical (unpaired) electrons. The van der Waals surface area contributed by atoms with E-state index in [1.807, 2.05) is 30.3 Å². The van der Waals surface area contributed by atoms with Crippen molar-refractivity contribution in [3.63, 3.8) is 0 Å². The van der Waals surface area contributed by atoms with Crippen molar-refractivity contribution in [1.82, 2.24) is 9.78 Å². The molecular formula is C12H13N3O3. The number of carboxylic acid groups (broad SMARTS) is 1. The second kappa shape index (κ2) is 4.79. The van der Waals surface area contributed by atoms with Crippen molar-refractivity contribution < 1.29 is 14.6 Å². The SMILES string of the molecule is COc1nn(-c2ccccc2)c(NC(=O)O)c1C. The number of methoxy groups -OCH3 is 1. The van der Waals surface area contributed by atoms with Crippen LogP contribution in [0.25, 0.3) is 5.69 Å². The first-order valence-corrected chi connectivity index (χ1v) is 5.32. The molecule has 6 nitrogen and oxygen atoms in total. The lowest BCUT2D eigenvalue weighted by molar-refractivity contribution is 0.209. The van der Waals surface area contributed by atoms with Crippen molar-refractivity contribution in [2.45, 2.75) is 6.92 Å². The molecule has 1 heterocycles. The van der Waals surface area contributed by atoms with Crippen molar-refractivity contribution >= 4 is 11.9 Å². The van der Waals surface area contributed by atoms with E-state index >= 15 is 0 Å². The van der Waals surface area contributed by atoms with E-state index in [0.717, 1.165) is 5.69 Å². The van der Waals surface area contributed by atoms with Crippen LogP contribution in [0.5, 0.6) is 5.88 Å². The van der Waals surface area contributed by atoms with Crippen LogP contribution in [-0.4, -0.2) is 28.1 Å². The van der Waals surface area contributed by atoms with Gasteiger partial charge in [0.15, 0.2) is 0 Å². The van der Waals surface area contributed by atoms with Gasteiger partial charge in [0.05, 0.1) is 18.4 Å². The number of aromatic nitrogens is 2. The number of anilines is 1. The predicted molar refractivity (Wildman–Crippen MR) is 66.5 cm³/mol. The fraction of sp³-hybridized carbons (Fsp3) is 0.167. The number of ether oxygens (including phenoxy) is 1. The Morgan fingerprint density at radius 2 is 2.06 bits per heavy atom. The normalized spacial score (nSPS) is 10.1. The molecule has 6 heteroatoms. The minimum Gasteiger partial charge on any atom is -0.480 e. The molecule has 0 unspecified atom stereocenters. The van der Waals surface area contributed by atoms with Crippen LogP contribution in [0.3, 0.4) is 0 Å². The van der Waals surface area contributed by atoms with Gasteiger partial charge in [-0.25, -0.2) is 9.48 Å². The molecule has 0 fully saturated rings. The van der Waals surface area contributed by atoms with Crippen molar-refractivity contribution in [3.8, 4) is 11.6 Å². The highest BCUT2D eigenvalue weighted by molar-refractivity contribution is 5.83. The lowest BCUT2D eigenvalue weighted by atomic mass is 10.3. The first kappa shape index (κ1) is 12.0. The molecule has 2 N–H and O–H groups in total. The summed E-state index contributed by atoms with van der Waals surface area (Å²) in [5.74, 6) is 0.771. The number of benzene rings is 1. The highest BCUT2D eigenvalue weighted by atomic mass is 16.5. The van der Waals surface area contributed by atoms with E-state index in [4.69, 9.17) is 9.84 Å². The highest BCUT2D eigenvalue weighted by Crippen LogP contribution is 2.27. The van der Waals surface area contributed by atoms with E-state index in [1.165, 1.54) is 11.8 Å². The summed E-state index contributed by atoms with van der Waals surface area (Å²) in [5, 5.41) is 15.4. The van der Waals surface area contributed by atoms with E-state index in [9.17, 15) is 4.79 Å². The number of carbonyl (C=O) groups is 1. The minimum absolute atomic E-state index is 0.380. The fourth-order valence-corrected chi connectivity index (χ4v) is 1.67. The van der Waals surface area contributed by atoms with Gasteiger partial charge >= 0.3 is 6.09 Å². The first-order valence-electron chi connectivity index (χ1n) is 5.32. The van der Waals surface area contributed by atoms with Gasteiger partial charge in [0.2, 0.25) is 5.88 Å². The van der Waals surface area contributed by atoms with Crippen LogP contribution in [0, 0.1) is 6.92 Å². The van der Waals surface area contributed by atoms with Gasteiger partial charge in [0, 0.05) is 0 Å². The topological polar surface area (TPSA) is 76.4 Å². The van der Waals surface area contributed by atoms with Gasteiger partial charge < -0.3 is 9.84 Å². The summed E-state index contributed by atoms with van der Waals surface area (Å²) in [6.45, 7) is 1.75. The molecule has 1 aromatic heterocycles. The zero-order valence-electron chi connectivity index (χ0n) is 10.0. The van der Waals surface area contributed by atoms with E-state index in [1.54, 1.807) is 6.92 Å². The van der Waals surface area contributed by atoms with Crippen molar-refractivity contribution in [1.29, 1.82) is 0 Å². The fourth-order valence-electron chi connectivity index (χ4n) is 1.67. The third-order valence-corrected chi connectivity index (χ3v) is 2.50. The first-order chi connectivity index (χ1) is 8.63. The summed E-state index contributed by atoms with van der Waals surface area (Å²) in [6.07, 6.45) is -1.14. The van der Waals surface area contributed by atoms with Gasteiger partial charge in [0.25, 0.3) is 0 Å². The average Bonchev–Trinajstić information content (AvgIpc) is 2.67. The Balaban J connectivity index is 2.55. The Kier molecular flexibility index (Phi) is 3.18. The zero-order chi connectivity index (χ0) is 13.1. The Morgan fingerprint density at radius 3 is 2.61 bits per heavy atom. The number of rotatable bonds is 3. The van der Waals surface area contributed by atoms with Crippen LogP contribution in [0.15, 0.2) is 30.3 Å². The molecule has 0 spiro atoms. The molecule has 0 atom stereocenters. The van der Waals surface area contributed by atoms with Crippen LogP contribution in [-0.2, 0) is 0 Å².